The number of ether oxygens (including phenoxy) is 3. The molecule has 0 aromatic heterocycles. The molecule has 5 heteroatoms. The average molecular weight is 213 g/mol. The lowest BCUT2D eigenvalue weighted by Crippen LogP contribution is -2.24. The molecule has 5 nitrogen and oxygen atoms in total. The topological polar surface area (TPSA) is 56.8 Å². The monoisotopic (exact) mass is 213 g/mol. The summed E-state index contributed by atoms with van der Waals surface area (Å²) in [6, 6.07) is -0.0511. The second-order valence-electron chi connectivity index (χ2n) is 4.10. The molecule has 2 rings (SSSR count). The van der Waals surface area contributed by atoms with Crippen molar-refractivity contribution in [1.29, 1.82) is 0 Å². The van der Waals surface area contributed by atoms with E-state index in [2.05, 4.69) is 5.32 Å². The molecular formula is C10H15NO4. The van der Waals surface area contributed by atoms with Crippen molar-refractivity contribution >= 4 is 6.09 Å². The van der Waals surface area contributed by atoms with E-state index in [9.17, 15) is 4.79 Å². The maximum Gasteiger partial charge on any atom is 0.407 e. The molecule has 1 amide bonds. The molecule has 0 aromatic carbocycles. The molecule has 2 atom stereocenters. The van der Waals surface area contributed by atoms with Crippen molar-refractivity contribution in [2.75, 3.05) is 13.2 Å². The zero-order valence-corrected chi connectivity index (χ0v) is 8.86. The minimum atomic E-state index is -0.509. The molecule has 15 heavy (non-hydrogen) atoms. The van der Waals surface area contributed by atoms with Crippen molar-refractivity contribution in [2.45, 2.75) is 31.8 Å². The van der Waals surface area contributed by atoms with Crippen LogP contribution in [0.25, 0.3) is 0 Å². The normalized spacial score (nSPS) is 34.4. The van der Waals surface area contributed by atoms with Crippen molar-refractivity contribution in [2.24, 2.45) is 0 Å². The van der Waals surface area contributed by atoms with E-state index in [4.69, 9.17) is 14.2 Å². The minimum absolute atomic E-state index is 0.0440. The number of hydrogen-bond acceptors (Lipinski definition) is 4. The predicted octanol–water partition coefficient (Wildman–Crippen LogP) is 0.802. The molecule has 2 aliphatic rings. The van der Waals surface area contributed by atoms with Crippen LogP contribution in [0, 0.1) is 0 Å². The number of rotatable bonds is 2. The highest BCUT2D eigenvalue weighted by Crippen LogP contribution is 2.22. The highest BCUT2D eigenvalue weighted by atomic mass is 16.7. The SMILES string of the molecule is CC1(C)OC[C@@H](/C=C/[C@@H]2COC(=O)N2)O1. The summed E-state index contributed by atoms with van der Waals surface area (Å²) in [6.45, 7) is 4.68. The van der Waals surface area contributed by atoms with Crippen molar-refractivity contribution < 1.29 is 19.0 Å². The third-order valence-corrected chi connectivity index (χ3v) is 2.29. The van der Waals surface area contributed by atoms with Crippen LogP contribution in [0.4, 0.5) is 4.79 Å². The van der Waals surface area contributed by atoms with Crippen molar-refractivity contribution in [3.05, 3.63) is 12.2 Å². The zero-order valence-electron chi connectivity index (χ0n) is 8.86. The van der Waals surface area contributed by atoms with Gasteiger partial charge in [-0.15, -0.1) is 0 Å². The summed E-state index contributed by atoms with van der Waals surface area (Å²) < 4.78 is 15.7. The Balaban J connectivity index is 1.82. The van der Waals surface area contributed by atoms with Crippen LogP contribution in [0.2, 0.25) is 0 Å². The molecule has 2 heterocycles. The molecular weight excluding hydrogens is 198 g/mol. The molecule has 0 spiro atoms. The van der Waals surface area contributed by atoms with Crippen LogP contribution in [0.5, 0.6) is 0 Å². The Hall–Kier alpha value is -1.07. The van der Waals surface area contributed by atoms with E-state index < -0.39 is 5.79 Å². The average Bonchev–Trinajstić information content (AvgIpc) is 2.69. The van der Waals surface area contributed by atoms with Gasteiger partial charge in [0.1, 0.15) is 12.7 Å². The molecule has 1 N–H and O–H groups in total. The molecule has 0 aromatic rings. The number of alkyl carbamates (subject to hydrolysis) is 1. The van der Waals surface area contributed by atoms with Gasteiger partial charge in [-0.05, 0) is 13.8 Å². The van der Waals surface area contributed by atoms with Gasteiger partial charge in [0.2, 0.25) is 0 Å². The smallest absolute Gasteiger partial charge is 0.407 e. The Bertz CT molecular complexity index is 287. The third kappa shape index (κ3) is 2.70. The highest BCUT2D eigenvalue weighted by molar-refractivity contribution is 5.70. The lowest BCUT2D eigenvalue weighted by Gasteiger charge is -2.15. The van der Waals surface area contributed by atoms with E-state index in [1.165, 1.54) is 0 Å². The number of carbonyl (C=O) groups is 1. The van der Waals surface area contributed by atoms with Crippen molar-refractivity contribution in [1.82, 2.24) is 5.32 Å². The van der Waals surface area contributed by atoms with Crippen molar-refractivity contribution in [3.63, 3.8) is 0 Å². The first-order chi connectivity index (χ1) is 7.05. The van der Waals surface area contributed by atoms with E-state index in [0.717, 1.165) is 0 Å². The molecule has 84 valence electrons. The van der Waals surface area contributed by atoms with Crippen LogP contribution in [0.1, 0.15) is 13.8 Å². The number of nitrogens with one attached hydrogen (secondary N) is 1. The van der Waals surface area contributed by atoms with Crippen LogP contribution in [0.15, 0.2) is 12.2 Å². The molecule has 2 fully saturated rings. The Morgan fingerprint density at radius 1 is 1.40 bits per heavy atom. The predicted molar refractivity (Wildman–Crippen MR) is 52.3 cm³/mol. The fourth-order valence-corrected chi connectivity index (χ4v) is 1.57. The van der Waals surface area contributed by atoms with Crippen LogP contribution < -0.4 is 5.32 Å². The van der Waals surface area contributed by atoms with E-state index in [0.29, 0.717) is 13.2 Å². The fourth-order valence-electron chi connectivity index (χ4n) is 1.57. The summed E-state index contributed by atoms with van der Waals surface area (Å²) in [5.41, 5.74) is 0. The molecule has 2 aliphatic heterocycles. The van der Waals surface area contributed by atoms with E-state index in [-0.39, 0.29) is 18.2 Å². The third-order valence-electron chi connectivity index (χ3n) is 2.29. The van der Waals surface area contributed by atoms with Gasteiger partial charge in [0.25, 0.3) is 0 Å². The minimum Gasteiger partial charge on any atom is -0.447 e. The van der Waals surface area contributed by atoms with Gasteiger partial charge in [0, 0.05) is 0 Å². The van der Waals surface area contributed by atoms with Gasteiger partial charge < -0.3 is 19.5 Å². The Morgan fingerprint density at radius 2 is 2.20 bits per heavy atom. The molecule has 0 bridgehead atoms. The van der Waals surface area contributed by atoms with Gasteiger partial charge in [0.05, 0.1) is 12.6 Å². The largest absolute Gasteiger partial charge is 0.447 e. The van der Waals surface area contributed by atoms with Gasteiger partial charge in [-0.2, -0.15) is 0 Å². The van der Waals surface area contributed by atoms with Crippen LogP contribution >= 0.6 is 0 Å². The maximum atomic E-state index is 10.7. The Morgan fingerprint density at radius 3 is 2.73 bits per heavy atom. The molecule has 0 saturated carbocycles. The quantitative estimate of drug-likeness (QED) is 0.689. The first kappa shape index (κ1) is 10.4. The number of amides is 1. The number of cyclic esters (lactones) is 1. The van der Waals surface area contributed by atoms with Crippen LogP contribution in [0.3, 0.4) is 0 Å². The zero-order chi connectivity index (χ0) is 10.9. The Labute approximate surface area is 88.4 Å². The van der Waals surface area contributed by atoms with Gasteiger partial charge >= 0.3 is 6.09 Å². The summed E-state index contributed by atoms with van der Waals surface area (Å²) >= 11 is 0. The second kappa shape index (κ2) is 3.83. The second-order valence-corrected chi connectivity index (χ2v) is 4.10. The van der Waals surface area contributed by atoms with Gasteiger partial charge in [0.15, 0.2) is 5.79 Å². The lowest BCUT2D eigenvalue weighted by atomic mass is 10.2. The van der Waals surface area contributed by atoms with Crippen molar-refractivity contribution in [3.8, 4) is 0 Å². The van der Waals surface area contributed by atoms with E-state index >= 15 is 0 Å². The molecule has 0 unspecified atom stereocenters. The summed E-state index contributed by atoms with van der Waals surface area (Å²) in [7, 11) is 0. The van der Waals surface area contributed by atoms with Crippen LogP contribution in [-0.2, 0) is 14.2 Å². The Kier molecular flexibility index (Phi) is 2.67. The maximum absolute atomic E-state index is 10.7. The molecule has 0 radical (unpaired) electrons. The number of hydrogen-bond donors (Lipinski definition) is 1. The van der Waals surface area contributed by atoms with E-state index in [1.807, 2.05) is 26.0 Å². The van der Waals surface area contributed by atoms with E-state index in [1.54, 1.807) is 0 Å². The molecule has 0 aliphatic carbocycles. The standard InChI is InChI=1S/C10H15NO4/c1-10(2)14-6-8(15-10)4-3-7-5-13-9(12)11-7/h3-4,7-8H,5-6H2,1-2H3,(H,11,12)/b4-3+/t7-,8-/m1/s1. The highest BCUT2D eigenvalue weighted by Gasteiger charge is 2.31. The first-order valence-electron chi connectivity index (χ1n) is 4.98. The first-order valence-corrected chi connectivity index (χ1v) is 4.98. The van der Waals surface area contributed by atoms with Crippen LogP contribution in [-0.4, -0.2) is 37.2 Å². The lowest BCUT2D eigenvalue weighted by molar-refractivity contribution is -0.133. The molecule has 2 saturated heterocycles. The van der Waals surface area contributed by atoms with Gasteiger partial charge in [-0.1, -0.05) is 12.2 Å². The fraction of sp³-hybridized carbons (Fsp3) is 0.700. The summed E-state index contributed by atoms with van der Waals surface area (Å²) in [4.78, 5) is 10.7. The summed E-state index contributed by atoms with van der Waals surface area (Å²) in [6.07, 6.45) is 3.36. The van der Waals surface area contributed by atoms with Gasteiger partial charge in [-0.25, -0.2) is 4.79 Å². The van der Waals surface area contributed by atoms with Gasteiger partial charge in [-0.3, -0.25) is 0 Å². The summed E-state index contributed by atoms with van der Waals surface area (Å²) in [5.74, 6) is -0.509. The number of carbonyl (C=O) groups excluding carboxylic acids is 1. The summed E-state index contributed by atoms with van der Waals surface area (Å²) in [5, 5.41) is 2.65.